The topological polar surface area (TPSA) is 17.1 Å². The molecule has 0 aliphatic heterocycles. The van der Waals surface area contributed by atoms with Gasteiger partial charge in [-0.1, -0.05) is 28.1 Å². The maximum atomic E-state index is 10.3. The number of hydrogen-bond acceptors (Lipinski definition) is 1. The van der Waals surface area contributed by atoms with E-state index in [1.54, 1.807) is 6.08 Å². The van der Waals surface area contributed by atoms with Crippen LogP contribution in [0.3, 0.4) is 0 Å². The Morgan fingerprint density at radius 2 is 1.83 bits per heavy atom. The highest BCUT2D eigenvalue weighted by Gasteiger charge is 1.90. The van der Waals surface area contributed by atoms with Crippen LogP contribution in [0, 0.1) is 0 Å². The zero-order chi connectivity index (χ0) is 8.97. The van der Waals surface area contributed by atoms with Crippen LogP contribution in [0.2, 0.25) is 0 Å². The van der Waals surface area contributed by atoms with E-state index in [4.69, 9.17) is 0 Å². The summed E-state index contributed by atoms with van der Waals surface area (Å²) in [5.41, 5.74) is 0.997. The summed E-state index contributed by atoms with van der Waals surface area (Å²) in [6.45, 7) is 0. The first kappa shape index (κ1) is 9.68. The second-order valence-electron chi connectivity index (χ2n) is 2.20. The molecule has 1 aromatic carbocycles. The van der Waals surface area contributed by atoms with Gasteiger partial charge in [0, 0.05) is 4.47 Å². The maximum absolute atomic E-state index is 10.3. The Hall–Kier alpha value is -0.410. The predicted octanol–water partition coefficient (Wildman–Crippen LogP) is 3.38. The zero-order valence-electron chi connectivity index (χ0n) is 6.13. The van der Waals surface area contributed by atoms with Crippen LogP contribution in [-0.2, 0) is 4.79 Å². The highest BCUT2D eigenvalue weighted by Crippen LogP contribution is 2.14. The summed E-state index contributed by atoms with van der Waals surface area (Å²) in [6.07, 6.45) is 2.53. The number of carbonyl (C=O) groups excluding carboxylic acids is 1. The average Bonchev–Trinajstić information content (AvgIpc) is 2.09. The van der Waals surface area contributed by atoms with Gasteiger partial charge in [0.2, 0.25) is 0 Å². The van der Waals surface area contributed by atoms with E-state index in [9.17, 15) is 4.79 Å². The zero-order valence-corrected chi connectivity index (χ0v) is 9.30. The van der Waals surface area contributed by atoms with E-state index in [2.05, 4.69) is 31.9 Å². The van der Waals surface area contributed by atoms with Crippen LogP contribution in [0.25, 0.3) is 6.08 Å². The van der Waals surface area contributed by atoms with Gasteiger partial charge in [0.05, 0.1) is 4.48 Å². The molecule has 0 spiro atoms. The Balaban J connectivity index is 2.91. The minimum atomic E-state index is 0.546. The van der Waals surface area contributed by atoms with Crippen LogP contribution in [0.5, 0.6) is 0 Å². The molecule has 3 heteroatoms. The minimum Gasteiger partial charge on any atom is -0.297 e. The van der Waals surface area contributed by atoms with Crippen molar-refractivity contribution >= 4 is 44.2 Å². The van der Waals surface area contributed by atoms with Gasteiger partial charge in [0.1, 0.15) is 0 Å². The van der Waals surface area contributed by atoms with E-state index in [1.807, 2.05) is 24.3 Å². The summed E-state index contributed by atoms with van der Waals surface area (Å²) in [6, 6.07) is 7.71. The molecule has 12 heavy (non-hydrogen) atoms. The van der Waals surface area contributed by atoms with Gasteiger partial charge in [-0.05, 0) is 39.7 Å². The first-order valence-corrected chi connectivity index (χ1v) is 4.89. The van der Waals surface area contributed by atoms with Gasteiger partial charge in [-0.15, -0.1) is 0 Å². The van der Waals surface area contributed by atoms with Gasteiger partial charge < -0.3 is 0 Å². The van der Waals surface area contributed by atoms with Crippen molar-refractivity contribution in [3.05, 3.63) is 38.8 Å². The third kappa shape index (κ3) is 2.91. The summed E-state index contributed by atoms with van der Waals surface area (Å²) in [5.74, 6) is 0. The molecule has 0 saturated carbocycles. The molecule has 1 nitrogen and oxygen atoms in total. The third-order valence-electron chi connectivity index (χ3n) is 1.29. The average molecular weight is 290 g/mol. The molecule has 0 radical (unpaired) electrons. The first-order valence-electron chi connectivity index (χ1n) is 3.30. The fourth-order valence-electron chi connectivity index (χ4n) is 0.752. The molecular formula is C9H6Br2O. The molecule has 0 aliphatic rings. The molecule has 0 N–H and O–H groups in total. The van der Waals surface area contributed by atoms with Crippen LogP contribution in [0.1, 0.15) is 5.56 Å². The summed E-state index contributed by atoms with van der Waals surface area (Å²) in [5, 5.41) is 0. The SMILES string of the molecule is O=C/C(Br)=C/c1ccc(Br)cc1. The Kier molecular flexibility index (Phi) is 3.69. The Morgan fingerprint density at radius 1 is 1.25 bits per heavy atom. The summed E-state index contributed by atoms with van der Waals surface area (Å²) in [7, 11) is 0. The standard InChI is InChI=1S/C9H6Br2O/c10-8-3-1-7(2-4-8)5-9(11)6-12/h1-6H/b9-5-. The van der Waals surface area contributed by atoms with Crippen molar-refractivity contribution in [2.45, 2.75) is 0 Å². The van der Waals surface area contributed by atoms with E-state index in [1.165, 1.54) is 0 Å². The lowest BCUT2D eigenvalue weighted by atomic mass is 10.2. The van der Waals surface area contributed by atoms with E-state index in [0.717, 1.165) is 16.3 Å². The summed E-state index contributed by atoms with van der Waals surface area (Å²) < 4.78 is 1.58. The summed E-state index contributed by atoms with van der Waals surface area (Å²) in [4.78, 5) is 10.3. The van der Waals surface area contributed by atoms with Crippen LogP contribution in [0.15, 0.2) is 33.2 Å². The first-order chi connectivity index (χ1) is 5.72. The monoisotopic (exact) mass is 288 g/mol. The lowest BCUT2D eigenvalue weighted by molar-refractivity contribution is -0.104. The van der Waals surface area contributed by atoms with Crippen LogP contribution in [-0.4, -0.2) is 6.29 Å². The Bertz CT molecular complexity index is 301. The van der Waals surface area contributed by atoms with Gasteiger partial charge in [-0.25, -0.2) is 0 Å². The van der Waals surface area contributed by atoms with E-state index < -0.39 is 0 Å². The number of allylic oxidation sites excluding steroid dienone is 1. The Labute approximate surface area is 87.7 Å². The molecular weight excluding hydrogens is 284 g/mol. The Morgan fingerprint density at radius 3 is 2.33 bits per heavy atom. The summed E-state index contributed by atoms with van der Waals surface area (Å²) >= 11 is 6.44. The quantitative estimate of drug-likeness (QED) is 0.602. The number of aldehydes is 1. The van der Waals surface area contributed by atoms with E-state index >= 15 is 0 Å². The molecule has 1 aromatic rings. The maximum Gasteiger partial charge on any atom is 0.157 e. The van der Waals surface area contributed by atoms with Crippen LogP contribution in [0.4, 0.5) is 0 Å². The second-order valence-corrected chi connectivity index (χ2v) is 4.03. The molecule has 0 unspecified atom stereocenters. The van der Waals surface area contributed by atoms with Gasteiger partial charge >= 0.3 is 0 Å². The molecule has 0 atom stereocenters. The van der Waals surface area contributed by atoms with Crippen molar-refractivity contribution in [2.75, 3.05) is 0 Å². The van der Waals surface area contributed by atoms with E-state index in [0.29, 0.717) is 4.48 Å². The van der Waals surface area contributed by atoms with E-state index in [-0.39, 0.29) is 0 Å². The molecule has 0 aliphatic carbocycles. The highest BCUT2D eigenvalue weighted by molar-refractivity contribution is 9.12. The second kappa shape index (κ2) is 4.58. The van der Waals surface area contributed by atoms with Gasteiger partial charge in [-0.2, -0.15) is 0 Å². The highest BCUT2D eigenvalue weighted by atomic mass is 79.9. The number of rotatable bonds is 2. The minimum absolute atomic E-state index is 0.546. The molecule has 1 rings (SSSR count). The molecule has 0 amide bonds. The lowest BCUT2D eigenvalue weighted by Crippen LogP contribution is -1.74. The fraction of sp³-hybridized carbons (Fsp3) is 0. The molecule has 0 bridgehead atoms. The van der Waals surface area contributed by atoms with Gasteiger partial charge in [0.15, 0.2) is 6.29 Å². The van der Waals surface area contributed by atoms with Crippen molar-refractivity contribution < 1.29 is 4.79 Å². The van der Waals surface area contributed by atoms with Crippen molar-refractivity contribution in [2.24, 2.45) is 0 Å². The van der Waals surface area contributed by atoms with Crippen LogP contribution < -0.4 is 0 Å². The molecule has 0 aromatic heterocycles. The molecule has 0 saturated heterocycles. The van der Waals surface area contributed by atoms with Crippen molar-refractivity contribution in [1.82, 2.24) is 0 Å². The number of benzene rings is 1. The third-order valence-corrected chi connectivity index (χ3v) is 2.23. The molecule has 62 valence electrons. The fourth-order valence-corrected chi connectivity index (χ4v) is 1.28. The van der Waals surface area contributed by atoms with Crippen molar-refractivity contribution in [3.63, 3.8) is 0 Å². The largest absolute Gasteiger partial charge is 0.297 e. The van der Waals surface area contributed by atoms with Crippen molar-refractivity contribution in [1.29, 1.82) is 0 Å². The smallest absolute Gasteiger partial charge is 0.157 e. The normalized spacial score (nSPS) is 11.3. The number of hydrogen-bond donors (Lipinski definition) is 0. The molecule has 0 fully saturated rings. The number of halogens is 2. The number of carbonyl (C=O) groups is 1. The molecule has 0 heterocycles. The van der Waals surface area contributed by atoms with Crippen LogP contribution >= 0.6 is 31.9 Å². The van der Waals surface area contributed by atoms with Gasteiger partial charge in [0.25, 0.3) is 0 Å². The van der Waals surface area contributed by atoms with Gasteiger partial charge in [-0.3, -0.25) is 4.79 Å². The lowest BCUT2D eigenvalue weighted by Gasteiger charge is -1.93. The predicted molar refractivity (Wildman–Crippen MR) is 57.1 cm³/mol. The van der Waals surface area contributed by atoms with Crippen molar-refractivity contribution in [3.8, 4) is 0 Å².